The van der Waals surface area contributed by atoms with Gasteiger partial charge in [-0.05, 0) is 162 Å². The first-order valence-electron chi connectivity index (χ1n) is 40.5. The second-order valence-corrected chi connectivity index (χ2v) is 30.9. The van der Waals surface area contributed by atoms with Gasteiger partial charge >= 0.3 is 0 Å². The van der Waals surface area contributed by atoms with E-state index in [1.165, 1.54) is 101 Å². The molecule has 0 aliphatic heterocycles. The fourth-order valence-electron chi connectivity index (χ4n) is 15.5. The number of aromatic nitrogens is 10. The Morgan fingerprint density at radius 1 is 0.291 bits per heavy atom. The maximum atomic E-state index is 13.5. The van der Waals surface area contributed by atoms with Crippen molar-refractivity contribution in [3.63, 3.8) is 0 Å². The third kappa shape index (κ3) is 17.6. The molecule has 10 nitrogen and oxygen atoms in total. The van der Waals surface area contributed by atoms with Gasteiger partial charge in [-0.15, -0.1) is 0 Å². The van der Waals surface area contributed by atoms with Crippen LogP contribution < -0.4 is 0 Å². The fourth-order valence-corrected chi connectivity index (χ4v) is 15.5. The van der Waals surface area contributed by atoms with Crippen LogP contribution >= 0.6 is 0 Å². The molecular weight excluding hydrogens is 1430 g/mol. The van der Waals surface area contributed by atoms with Crippen LogP contribution in [0.5, 0.6) is 0 Å². The molecule has 18 rings (SSSR count). The zero-order valence-electron chi connectivity index (χ0n) is 69.1. The highest BCUT2D eigenvalue weighted by Gasteiger charge is 2.24. The number of nitrogens with zero attached hydrogens (tertiary/aromatic N) is 10. The van der Waals surface area contributed by atoms with Gasteiger partial charge in [-0.1, -0.05) is 322 Å². The minimum Gasteiger partial charge on any atom is -0.299 e. The van der Waals surface area contributed by atoms with Crippen molar-refractivity contribution in [1.29, 1.82) is 0 Å². The summed E-state index contributed by atoms with van der Waals surface area (Å²) in [6.07, 6.45) is 13.7. The normalized spacial score (nSPS) is 11.1. The number of imidazole rings is 3. The fraction of sp³-hybridized carbons (Fsp3) is 0.160. The molecule has 0 saturated heterocycles. The van der Waals surface area contributed by atoms with E-state index in [4.69, 9.17) is 10.1 Å². The van der Waals surface area contributed by atoms with Crippen LogP contribution in [-0.2, 0) is 0 Å². The lowest BCUT2D eigenvalue weighted by atomic mass is 9.92. The van der Waals surface area contributed by atoms with E-state index in [0.717, 1.165) is 73.5 Å². The molecule has 0 bridgehead atoms. The molecule has 0 fully saturated rings. The summed E-state index contributed by atoms with van der Waals surface area (Å²) in [5.41, 5.74) is 29.5. The van der Waals surface area contributed by atoms with E-state index in [9.17, 15) is 4.39 Å². The van der Waals surface area contributed by atoms with Crippen molar-refractivity contribution in [3.8, 4) is 96.1 Å². The largest absolute Gasteiger partial charge is 0.299 e. The van der Waals surface area contributed by atoms with Crippen molar-refractivity contribution in [1.82, 2.24) is 48.2 Å². The molecule has 0 spiro atoms. The van der Waals surface area contributed by atoms with Gasteiger partial charge in [-0.25, -0.2) is 28.7 Å². The van der Waals surface area contributed by atoms with Gasteiger partial charge in [0, 0.05) is 81.3 Å². The molecule has 117 heavy (non-hydrogen) atoms. The maximum Gasteiger partial charge on any atom is 0.144 e. The second kappa shape index (κ2) is 36.7. The van der Waals surface area contributed by atoms with E-state index < -0.39 is 0 Å². The summed E-state index contributed by atoms with van der Waals surface area (Å²) < 4.78 is 24.2. The van der Waals surface area contributed by atoms with Crippen molar-refractivity contribution in [2.24, 2.45) is 0 Å². The molecule has 18 aromatic rings. The first-order chi connectivity index (χ1) is 56.9. The Morgan fingerprint density at radius 2 is 0.650 bits per heavy atom. The first-order valence-corrected chi connectivity index (χ1v) is 40.5. The molecular formula is C106H101FN10. The van der Waals surface area contributed by atoms with E-state index in [1.54, 1.807) is 6.07 Å². The number of hydrogen-bond donors (Lipinski definition) is 0. The average molecular weight is 1530 g/mol. The van der Waals surface area contributed by atoms with Gasteiger partial charge in [0.05, 0.1) is 45.7 Å². The van der Waals surface area contributed by atoms with Crippen LogP contribution in [0, 0.1) is 40.4 Å². The van der Waals surface area contributed by atoms with Gasteiger partial charge in [0.15, 0.2) is 0 Å². The van der Waals surface area contributed by atoms with Crippen LogP contribution in [0.3, 0.4) is 0 Å². The van der Waals surface area contributed by atoms with Crippen LogP contribution in [0.1, 0.15) is 129 Å². The Kier molecular flexibility index (Phi) is 25.1. The van der Waals surface area contributed by atoms with Gasteiger partial charge in [0.1, 0.15) is 29.0 Å². The molecule has 0 amide bonds. The lowest BCUT2D eigenvalue weighted by molar-refractivity contribution is 0.627. The summed E-state index contributed by atoms with van der Waals surface area (Å²) >= 11 is 0. The third-order valence-corrected chi connectivity index (χ3v) is 21.5. The predicted molar refractivity (Wildman–Crippen MR) is 485 cm³/mol. The highest BCUT2D eigenvalue weighted by Crippen LogP contribution is 2.41. The van der Waals surface area contributed by atoms with Crippen LogP contribution in [0.4, 0.5) is 4.39 Å². The minimum absolute atomic E-state index is 0.218. The minimum atomic E-state index is -0.218. The monoisotopic (exact) mass is 1530 g/mol. The van der Waals surface area contributed by atoms with Crippen molar-refractivity contribution >= 4 is 21.8 Å². The summed E-state index contributed by atoms with van der Waals surface area (Å²) in [5, 5.41) is 11.7. The van der Waals surface area contributed by atoms with Crippen molar-refractivity contribution in [2.45, 2.75) is 114 Å². The number of benzene rings is 13. The zero-order valence-corrected chi connectivity index (χ0v) is 69.1. The summed E-state index contributed by atoms with van der Waals surface area (Å²) in [5.74, 6) is 4.34. The zero-order chi connectivity index (χ0) is 81.6. The molecule has 5 aromatic heterocycles. The van der Waals surface area contributed by atoms with Crippen LogP contribution in [0.15, 0.2) is 353 Å². The first kappa shape index (κ1) is 80.0. The highest BCUT2D eigenvalue weighted by atomic mass is 19.1. The van der Waals surface area contributed by atoms with Crippen LogP contribution in [0.25, 0.3) is 118 Å². The van der Waals surface area contributed by atoms with Crippen molar-refractivity contribution < 1.29 is 4.39 Å². The summed E-state index contributed by atoms with van der Waals surface area (Å²) in [7, 11) is 0. The van der Waals surface area contributed by atoms with Gasteiger partial charge in [0.25, 0.3) is 0 Å². The van der Waals surface area contributed by atoms with E-state index in [2.05, 4.69) is 385 Å². The third-order valence-electron chi connectivity index (χ3n) is 21.5. The van der Waals surface area contributed by atoms with Crippen molar-refractivity contribution in [3.05, 3.63) is 409 Å². The average Bonchev–Trinajstić information content (AvgIpc) is 1.77. The molecule has 0 atom stereocenters. The van der Waals surface area contributed by atoms with E-state index in [-0.39, 0.29) is 5.82 Å². The van der Waals surface area contributed by atoms with E-state index in [1.807, 2.05) is 83.7 Å². The molecule has 0 saturated carbocycles. The van der Waals surface area contributed by atoms with Gasteiger partial charge in [0.2, 0.25) is 0 Å². The molecule has 0 unspecified atom stereocenters. The summed E-state index contributed by atoms with van der Waals surface area (Å²) in [4.78, 5) is 14.0. The molecule has 13 aromatic carbocycles. The maximum absolute atomic E-state index is 13.5. The van der Waals surface area contributed by atoms with Crippen molar-refractivity contribution in [2.75, 3.05) is 0 Å². The highest BCUT2D eigenvalue weighted by molar-refractivity contribution is 5.94. The predicted octanol–water partition coefficient (Wildman–Crippen LogP) is 27.8. The Hall–Kier alpha value is -13.6. The molecule has 11 heteroatoms. The molecule has 0 aliphatic rings. The van der Waals surface area contributed by atoms with E-state index >= 15 is 0 Å². The standard InChI is InChI=1S/C28H22N2.C22H25FN2.C22H26N2.C20H16N2.C14H12N2/c1-21-11-8-9-16-24(21)28-29-19-20-30(28)27-25(22-12-4-2-5-13-22)17-10-18-26(27)23-14-6-3-7-15-23;1-14(2)18-7-6-8-19(15(3)4)21(18)25-12-11-24-22(25)20-10-9-17(23)13-16(20)5;1-15(2)18-11-8-12-19(16(3)4)21(18)24-14-13-23-22(24)20-10-7-6-9-17(20)5;1-15-9-5-7-13-18(15)22-19-14-8-6-12-17(19)20(21-22)16-10-3-2-4-11-16;1-11-6-2-4-8-13(11)16-14-9-5-3-7-12(14)10-15-16/h2-20H,1H3;6-15H,1-5H3;6-16H,1-5H3;2-14H,1H3;2-10H,1H3. The van der Waals surface area contributed by atoms with Gasteiger partial charge in [-0.3, -0.25) is 13.7 Å². The number of halogens is 1. The molecule has 582 valence electrons. The quantitative estimate of drug-likeness (QED) is 0.102. The molecule has 0 aliphatic carbocycles. The number of para-hydroxylation sites is 7. The molecule has 5 heterocycles. The summed E-state index contributed by atoms with van der Waals surface area (Å²) in [6.45, 7) is 28.3. The molecule has 0 N–H and O–H groups in total. The number of hydrogen-bond acceptors (Lipinski definition) is 5. The van der Waals surface area contributed by atoms with E-state index in [0.29, 0.717) is 23.7 Å². The van der Waals surface area contributed by atoms with Gasteiger partial charge < -0.3 is 0 Å². The Balaban J connectivity index is 0.000000122. The number of rotatable bonds is 15. The SMILES string of the molecule is Cc1cc(F)ccc1-c1nccn1-c1c(C(C)C)cccc1C(C)C.Cc1ccccc1-c1nccn1-c1c(-c2ccccc2)cccc1-c1ccccc1.Cc1ccccc1-c1nccn1-c1c(C(C)C)cccc1C(C)C.Cc1ccccc1-n1nc(-c2ccccc2)c2ccccc21.Cc1ccccc1-n1ncc2ccccc21. The Morgan fingerprint density at radius 3 is 1.09 bits per heavy atom. The Labute approximate surface area is 688 Å². The topological polar surface area (TPSA) is 89.1 Å². The van der Waals surface area contributed by atoms with Crippen LogP contribution in [0.2, 0.25) is 0 Å². The Bertz CT molecular complexity index is 6260. The number of aryl methyl sites for hydroxylation is 5. The van der Waals surface area contributed by atoms with Crippen LogP contribution in [-0.4, -0.2) is 48.2 Å². The van der Waals surface area contributed by atoms with Gasteiger partial charge in [-0.2, -0.15) is 10.2 Å². The molecule has 0 radical (unpaired) electrons. The summed E-state index contributed by atoms with van der Waals surface area (Å²) in [6, 6.07) is 106. The lowest BCUT2D eigenvalue weighted by Gasteiger charge is -2.22. The second-order valence-electron chi connectivity index (χ2n) is 30.9. The smallest absolute Gasteiger partial charge is 0.144 e. The lowest BCUT2D eigenvalue weighted by Crippen LogP contribution is -2.08. The number of fused-ring (bicyclic) bond motifs is 2.